The van der Waals surface area contributed by atoms with Crippen molar-refractivity contribution in [3.05, 3.63) is 12.2 Å². The normalized spacial score (nSPS) is 27.4. The van der Waals surface area contributed by atoms with Gasteiger partial charge in [0, 0.05) is 6.42 Å². The van der Waals surface area contributed by atoms with E-state index in [4.69, 9.17) is 0 Å². The summed E-state index contributed by atoms with van der Waals surface area (Å²) >= 11 is 0. The van der Waals surface area contributed by atoms with Gasteiger partial charge in [-0.2, -0.15) is 0 Å². The number of carbonyl (C=O) groups excluding carboxylic acids is 2. The van der Waals surface area contributed by atoms with E-state index in [9.17, 15) is 14.7 Å². The fraction of sp³-hybridized carbons (Fsp3) is 0.556. The lowest BCUT2D eigenvalue weighted by molar-refractivity contribution is -0.165. The van der Waals surface area contributed by atoms with Crippen LogP contribution in [0.3, 0.4) is 0 Å². The molecule has 1 atom stereocenters. The zero-order valence-corrected chi connectivity index (χ0v) is 7.45. The molecule has 0 aromatic heterocycles. The summed E-state index contributed by atoms with van der Waals surface area (Å²) in [5, 5.41) is 9.63. The minimum Gasteiger partial charge on any atom is -0.463 e. The summed E-state index contributed by atoms with van der Waals surface area (Å²) in [6.45, 7) is 1.78. The topological polar surface area (TPSA) is 63.6 Å². The number of ketones is 1. The van der Waals surface area contributed by atoms with E-state index in [1.54, 1.807) is 13.0 Å². The predicted molar refractivity (Wildman–Crippen MR) is 45.0 cm³/mol. The first-order valence-corrected chi connectivity index (χ1v) is 4.22. The van der Waals surface area contributed by atoms with E-state index in [2.05, 4.69) is 4.74 Å². The first-order chi connectivity index (χ1) is 6.11. The van der Waals surface area contributed by atoms with Gasteiger partial charge >= 0.3 is 5.97 Å². The Hall–Kier alpha value is -1.16. The number of Topliss-reactive ketones (excluding diaryl/α,β-unsaturated/α-hetero) is 1. The monoisotopic (exact) mass is 184 g/mol. The number of allylic oxidation sites excluding steroid dienone is 1. The van der Waals surface area contributed by atoms with Gasteiger partial charge in [0.15, 0.2) is 5.78 Å². The first-order valence-electron chi connectivity index (χ1n) is 4.22. The van der Waals surface area contributed by atoms with Crippen LogP contribution >= 0.6 is 0 Å². The van der Waals surface area contributed by atoms with E-state index in [0.717, 1.165) is 0 Å². The van der Waals surface area contributed by atoms with Gasteiger partial charge in [-0.05, 0) is 19.4 Å². The van der Waals surface area contributed by atoms with Gasteiger partial charge < -0.3 is 9.84 Å². The van der Waals surface area contributed by atoms with E-state index in [1.165, 1.54) is 6.08 Å². The lowest BCUT2D eigenvalue weighted by atomic mass is 9.90. The Bertz CT molecular complexity index is 256. The molecule has 1 aliphatic rings. The molecular formula is C9H12O4. The number of carbonyl (C=O) groups is 2. The molecule has 0 spiro atoms. The maximum absolute atomic E-state index is 11.2. The summed E-state index contributed by atoms with van der Waals surface area (Å²) in [5.74, 6) is -1.37. The third-order valence-electron chi connectivity index (χ3n) is 1.91. The molecule has 0 amide bonds. The summed E-state index contributed by atoms with van der Waals surface area (Å²) < 4.78 is 4.59. The Morgan fingerprint density at radius 2 is 2.46 bits per heavy atom. The largest absolute Gasteiger partial charge is 0.463 e. The molecule has 1 N–H and O–H groups in total. The summed E-state index contributed by atoms with van der Waals surface area (Å²) in [4.78, 5) is 22.4. The summed E-state index contributed by atoms with van der Waals surface area (Å²) in [7, 11) is 0. The average molecular weight is 184 g/mol. The number of aliphatic hydroxyl groups is 1. The van der Waals surface area contributed by atoms with Crippen LogP contribution in [-0.4, -0.2) is 29.1 Å². The molecule has 0 radical (unpaired) electrons. The van der Waals surface area contributed by atoms with Crippen molar-refractivity contribution < 1.29 is 19.4 Å². The minimum atomic E-state index is -2.03. The van der Waals surface area contributed by atoms with E-state index >= 15 is 0 Å². The van der Waals surface area contributed by atoms with Crippen molar-refractivity contribution in [1.29, 1.82) is 0 Å². The van der Waals surface area contributed by atoms with E-state index in [0.29, 0.717) is 6.42 Å². The van der Waals surface area contributed by atoms with Crippen LogP contribution in [0, 0.1) is 0 Å². The van der Waals surface area contributed by atoms with E-state index in [1.807, 2.05) is 0 Å². The highest BCUT2D eigenvalue weighted by atomic mass is 16.5. The van der Waals surface area contributed by atoms with Gasteiger partial charge in [-0.3, -0.25) is 4.79 Å². The molecule has 4 heteroatoms. The van der Waals surface area contributed by atoms with Crippen molar-refractivity contribution in [3.63, 3.8) is 0 Å². The van der Waals surface area contributed by atoms with Crippen molar-refractivity contribution in [2.24, 2.45) is 0 Å². The second kappa shape index (κ2) is 3.70. The van der Waals surface area contributed by atoms with Crippen molar-refractivity contribution in [3.8, 4) is 0 Å². The molecule has 0 fully saturated rings. The molecule has 13 heavy (non-hydrogen) atoms. The van der Waals surface area contributed by atoms with Crippen molar-refractivity contribution in [2.45, 2.75) is 25.4 Å². The number of esters is 1. The fourth-order valence-electron chi connectivity index (χ4n) is 1.17. The Morgan fingerprint density at radius 1 is 1.77 bits per heavy atom. The SMILES string of the molecule is CCOC(=O)C1(O)C=CCCC1=O. The highest BCUT2D eigenvalue weighted by Gasteiger charge is 2.43. The Kier molecular flexibility index (Phi) is 2.83. The van der Waals surface area contributed by atoms with Crippen molar-refractivity contribution >= 4 is 11.8 Å². The zero-order chi connectivity index (χ0) is 9.90. The van der Waals surface area contributed by atoms with Crippen LogP contribution in [0.15, 0.2) is 12.2 Å². The number of ether oxygens (including phenoxy) is 1. The average Bonchev–Trinajstić information content (AvgIpc) is 2.11. The predicted octanol–water partition coefficient (Wildman–Crippen LogP) is 0.200. The van der Waals surface area contributed by atoms with E-state index < -0.39 is 17.4 Å². The van der Waals surface area contributed by atoms with Crippen LogP contribution in [0.25, 0.3) is 0 Å². The molecule has 0 aliphatic heterocycles. The first kappa shape index (κ1) is 9.92. The van der Waals surface area contributed by atoms with Gasteiger partial charge in [0.05, 0.1) is 6.61 Å². The molecule has 72 valence electrons. The molecule has 0 aromatic rings. The standard InChI is InChI=1S/C9H12O4/c1-2-13-8(11)9(12)6-4-3-5-7(9)10/h4,6,12H,2-3,5H2,1H3. The molecule has 0 saturated heterocycles. The molecule has 4 nitrogen and oxygen atoms in total. The molecule has 0 aromatic carbocycles. The van der Waals surface area contributed by atoms with Gasteiger partial charge in [-0.1, -0.05) is 6.08 Å². The van der Waals surface area contributed by atoms with Gasteiger partial charge in [0.1, 0.15) is 0 Å². The second-order valence-corrected chi connectivity index (χ2v) is 2.85. The van der Waals surface area contributed by atoms with Gasteiger partial charge in [-0.15, -0.1) is 0 Å². The third-order valence-corrected chi connectivity index (χ3v) is 1.91. The Morgan fingerprint density at radius 3 is 3.00 bits per heavy atom. The van der Waals surface area contributed by atoms with Gasteiger partial charge in [0.2, 0.25) is 5.60 Å². The molecule has 1 unspecified atom stereocenters. The maximum Gasteiger partial charge on any atom is 0.350 e. The van der Waals surface area contributed by atoms with E-state index in [-0.39, 0.29) is 13.0 Å². The van der Waals surface area contributed by atoms with Crippen molar-refractivity contribution in [2.75, 3.05) is 6.61 Å². The van der Waals surface area contributed by atoms with Crippen LogP contribution in [0.2, 0.25) is 0 Å². The summed E-state index contributed by atoms with van der Waals surface area (Å²) in [5.41, 5.74) is -2.03. The van der Waals surface area contributed by atoms with Crippen LogP contribution in [0.5, 0.6) is 0 Å². The summed E-state index contributed by atoms with van der Waals surface area (Å²) in [6.07, 6.45) is 3.57. The van der Waals surface area contributed by atoms with Gasteiger partial charge in [-0.25, -0.2) is 4.79 Å². The van der Waals surface area contributed by atoms with Crippen molar-refractivity contribution in [1.82, 2.24) is 0 Å². The second-order valence-electron chi connectivity index (χ2n) is 2.85. The molecule has 0 heterocycles. The lowest BCUT2D eigenvalue weighted by Crippen LogP contribution is -2.47. The summed E-state index contributed by atoms with van der Waals surface area (Å²) in [6, 6.07) is 0. The number of rotatable bonds is 2. The van der Waals surface area contributed by atoms with Gasteiger partial charge in [0.25, 0.3) is 0 Å². The van der Waals surface area contributed by atoms with Crippen LogP contribution in [-0.2, 0) is 14.3 Å². The Labute approximate surface area is 76.2 Å². The quantitative estimate of drug-likeness (QED) is 0.378. The minimum absolute atomic E-state index is 0.155. The van der Waals surface area contributed by atoms with Crippen LogP contribution in [0.4, 0.5) is 0 Å². The molecular weight excluding hydrogens is 172 g/mol. The van der Waals surface area contributed by atoms with Crippen LogP contribution < -0.4 is 0 Å². The molecule has 0 saturated carbocycles. The molecule has 1 rings (SSSR count). The zero-order valence-electron chi connectivity index (χ0n) is 7.45. The lowest BCUT2D eigenvalue weighted by Gasteiger charge is -2.23. The Balaban J connectivity index is 2.84. The maximum atomic E-state index is 11.2. The number of hydrogen-bond acceptors (Lipinski definition) is 4. The van der Waals surface area contributed by atoms with Crippen LogP contribution in [0.1, 0.15) is 19.8 Å². The highest BCUT2D eigenvalue weighted by Crippen LogP contribution is 2.19. The molecule has 0 bridgehead atoms. The fourth-order valence-corrected chi connectivity index (χ4v) is 1.17. The molecule has 1 aliphatic carbocycles. The smallest absolute Gasteiger partial charge is 0.350 e. The third kappa shape index (κ3) is 1.78. The number of hydrogen-bond donors (Lipinski definition) is 1. The highest BCUT2D eigenvalue weighted by molar-refractivity contribution is 6.09.